The number of carbonyl (C=O) groups is 2. The van der Waals surface area contributed by atoms with E-state index in [4.69, 9.17) is 14.0 Å². The van der Waals surface area contributed by atoms with Crippen molar-refractivity contribution in [3.05, 3.63) is 71.1 Å². The van der Waals surface area contributed by atoms with Crippen LogP contribution in [0.25, 0.3) is 0 Å². The fourth-order valence-corrected chi connectivity index (χ4v) is 2.56. The van der Waals surface area contributed by atoms with Crippen LogP contribution in [0.3, 0.4) is 0 Å². The van der Waals surface area contributed by atoms with Crippen LogP contribution in [0.5, 0.6) is 11.5 Å². The van der Waals surface area contributed by atoms with E-state index in [0.29, 0.717) is 28.6 Å². The Morgan fingerprint density at radius 3 is 2.43 bits per heavy atom. The Kier molecular flexibility index (Phi) is 5.74. The van der Waals surface area contributed by atoms with Crippen molar-refractivity contribution in [2.75, 3.05) is 11.9 Å². The molecule has 2 aromatic carbocycles. The number of ether oxygens (including phenoxy) is 2. The van der Waals surface area contributed by atoms with Crippen molar-refractivity contribution in [3.63, 3.8) is 0 Å². The summed E-state index contributed by atoms with van der Waals surface area (Å²) in [6.07, 6.45) is 0. The molecule has 144 valence electrons. The lowest BCUT2D eigenvalue weighted by Crippen LogP contribution is -2.21. The van der Waals surface area contributed by atoms with E-state index in [1.54, 1.807) is 38.1 Å². The lowest BCUT2D eigenvalue weighted by molar-refractivity contribution is -0.119. The first-order chi connectivity index (χ1) is 13.4. The summed E-state index contributed by atoms with van der Waals surface area (Å²) >= 11 is 0. The van der Waals surface area contributed by atoms with Crippen LogP contribution in [0.4, 0.5) is 5.69 Å². The number of hydrogen-bond donors (Lipinski definition) is 1. The van der Waals surface area contributed by atoms with E-state index < -0.39 is 18.5 Å². The Labute approximate surface area is 162 Å². The summed E-state index contributed by atoms with van der Waals surface area (Å²) in [5.74, 6) is 0.337. The summed E-state index contributed by atoms with van der Waals surface area (Å²) in [5.41, 5.74) is 2.24. The molecule has 0 saturated heterocycles. The van der Waals surface area contributed by atoms with Crippen molar-refractivity contribution in [2.24, 2.45) is 0 Å². The number of hydrogen-bond acceptors (Lipinski definition) is 6. The SMILES string of the molecule is Cc1ccc(Oc2ccccc2NC(=O)COC(=O)c2c(C)noc2C)cc1. The molecule has 0 saturated carbocycles. The maximum absolute atomic E-state index is 12.2. The van der Waals surface area contributed by atoms with Gasteiger partial charge in [0.2, 0.25) is 0 Å². The van der Waals surface area contributed by atoms with Crippen LogP contribution in [-0.4, -0.2) is 23.6 Å². The van der Waals surface area contributed by atoms with Gasteiger partial charge in [0.05, 0.1) is 11.4 Å². The van der Waals surface area contributed by atoms with E-state index in [0.717, 1.165) is 5.56 Å². The summed E-state index contributed by atoms with van der Waals surface area (Å²) in [5, 5.41) is 6.39. The van der Waals surface area contributed by atoms with E-state index >= 15 is 0 Å². The third kappa shape index (κ3) is 4.56. The summed E-state index contributed by atoms with van der Waals surface area (Å²) in [7, 11) is 0. The standard InChI is InChI=1S/C21H20N2O5/c1-13-8-10-16(11-9-13)27-18-7-5-4-6-17(18)22-19(24)12-26-21(25)20-14(2)23-28-15(20)3/h4-11H,12H2,1-3H3,(H,22,24). The third-order valence-electron chi connectivity index (χ3n) is 3.98. The van der Waals surface area contributed by atoms with Crippen LogP contribution in [0.2, 0.25) is 0 Å². The number of rotatable bonds is 6. The van der Waals surface area contributed by atoms with Crippen molar-refractivity contribution in [1.29, 1.82) is 0 Å². The van der Waals surface area contributed by atoms with E-state index in [1.165, 1.54) is 0 Å². The molecule has 1 N–H and O–H groups in total. The highest BCUT2D eigenvalue weighted by atomic mass is 16.5. The molecular weight excluding hydrogens is 360 g/mol. The van der Waals surface area contributed by atoms with Gasteiger partial charge in [0.15, 0.2) is 12.4 Å². The monoisotopic (exact) mass is 380 g/mol. The Bertz CT molecular complexity index is 973. The van der Waals surface area contributed by atoms with E-state index in [2.05, 4.69) is 10.5 Å². The van der Waals surface area contributed by atoms with E-state index in [1.807, 2.05) is 31.2 Å². The van der Waals surface area contributed by atoms with Gasteiger partial charge in [0, 0.05) is 0 Å². The first kappa shape index (κ1) is 19.2. The topological polar surface area (TPSA) is 90.7 Å². The highest BCUT2D eigenvalue weighted by Crippen LogP contribution is 2.29. The molecule has 0 bridgehead atoms. The molecule has 0 aliphatic carbocycles. The number of para-hydroxylation sites is 2. The normalized spacial score (nSPS) is 10.4. The zero-order chi connectivity index (χ0) is 20.1. The molecule has 0 atom stereocenters. The lowest BCUT2D eigenvalue weighted by Gasteiger charge is -2.12. The van der Waals surface area contributed by atoms with Gasteiger partial charge < -0.3 is 19.3 Å². The molecule has 0 aliphatic rings. The predicted molar refractivity (Wildman–Crippen MR) is 103 cm³/mol. The fraction of sp³-hybridized carbons (Fsp3) is 0.190. The maximum atomic E-state index is 12.2. The molecule has 7 nitrogen and oxygen atoms in total. The Morgan fingerprint density at radius 1 is 1.04 bits per heavy atom. The third-order valence-corrected chi connectivity index (χ3v) is 3.98. The van der Waals surface area contributed by atoms with E-state index in [9.17, 15) is 9.59 Å². The van der Waals surface area contributed by atoms with Crippen molar-refractivity contribution in [3.8, 4) is 11.5 Å². The van der Waals surface area contributed by atoms with Gasteiger partial charge in [-0.05, 0) is 45.0 Å². The number of aromatic nitrogens is 1. The number of aryl methyl sites for hydroxylation is 3. The molecule has 0 spiro atoms. The molecule has 1 heterocycles. The number of carbonyl (C=O) groups excluding carboxylic acids is 2. The van der Waals surface area contributed by atoms with Gasteiger partial charge in [-0.2, -0.15) is 0 Å². The van der Waals surface area contributed by atoms with Gasteiger partial charge in [0.25, 0.3) is 5.91 Å². The van der Waals surface area contributed by atoms with Crippen LogP contribution >= 0.6 is 0 Å². The maximum Gasteiger partial charge on any atom is 0.344 e. The second kappa shape index (κ2) is 8.39. The molecule has 1 amide bonds. The van der Waals surface area contributed by atoms with Gasteiger partial charge in [-0.3, -0.25) is 4.79 Å². The second-order valence-electron chi connectivity index (χ2n) is 6.23. The Morgan fingerprint density at radius 2 is 1.75 bits per heavy atom. The molecular formula is C21H20N2O5. The fourth-order valence-electron chi connectivity index (χ4n) is 2.56. The number of anilines is 1. The highest BCUT2D eigenvalue weighted by molar-refractivity contribution is 5.97. The molecule has 1 aromatic heterocycles. The molecule has 0 radical (unpaired) electrons. The summed E-state index contributed by atoms with van der Waals surface area (Å²) in [6.45, 7) is 4.78. The molecule has 7 heteroatoms. The quantitative estimate of drug-likeness (QED) is 0.645. The average molecular weight is 380 g/mol. The van der Waals surface area contributed by atoms with Crippen LogP contribution in [0.1, 0.15) is 27.4 Å². The van der Waals surface area contributed by atoms with Crippen molar-refractivity contribution < 1.29 is 23.6 Å². The minimum absolute atomic E-state index is 0.232. The molecule has 3 aromatic rings. The van der Waals surface area contributed by atoms with Crippen molar-refractivity contribution >= 4 is 17.6 Å². The number of esters is 1. The summed E-state index contributed by atoms with van der Waals surface area (Å²) < 4.78 is 15.8. The largest absolute Gasteiger partial charge is 0.455 e. The smallest absolute Gasteiger partial charge is 0.344 e. The molecule has 0 fully saturated rings. The average Bonchev–Trinajstić information content (AvgIpc) is 3.01. The van der Waals surface area contributed by atoms with Gasteiger partial charge in [0.1, 0.15) is 17.1 Å². The zero-order valence-corrected chi connectivity index (χ0v) is 15.8. The first-order valence-corrected chi connectivity index (χ1v) is 8.67. The van der Waals surface area contributed by atoms with Crippen LogP contribution in [-0.2, 0) is 9.53 Å². The number of benzene rings is 2. The highest BCUT2D eigenvalue weighted by Gasteiger charge is 2.20. The zero-order valence-electron chi connectivity index (χ0n) is 15.8. The Balaban J connectivity index is 1.63. The van der Waals surface area contributed by atoms with Crippen LogP contribution < -0.4 is 10.1 Å². The number of nitrogens with one attached hydrogen (secondary N) is 1. The Hall–Kier alpha value is -3.61. The second-order valence-corrected chi connectivity index (χ2v) is 6.23. The van der Waals surface area contributed by atoms with E-state index in [-0.39, 0.29) is 5.56 Å². The van der Waals surface area contributed by atoms with Crippen LogP contribution in [0, 0.1) is 20.8 Å². The minimum Gasteiger partial charge on any atom is -0.455 e. The van der Waals surface area contributed by atoms with Gasteiger partial charge in [-0.1, -0.05) is 35.0 Å². The first-order valence-electron chi connectivity index (χ1n) is 8.67. The minimum atomic E-state index is -0.657. The van der Waals surface area contributed by atoms with Gasteiger partial charge >= 0.3 is 5.97 Å². The predicted octanol–water partition coefficient (Wildman–Crippen LogP) is 4.19. The van der Waals surface area contributed by atoms with Crippen molar-refractivity contribution in [1.82, 2.24) is 5.16 Å². The molecule has 0 aliphatic heterocycles. The number of amides is 1. The van der Waals surface area contributed by atoms with Crippen LogP contribution in [0.15, 0.2) is 53.1 Å². The summed E-state index contributed by atoms with van der Waals surface area (Å²) in [4.78, 5) is 24.3. The van der Waals surface area contributed by atoms with Gasteiger partial charge in [-0.15, -0.1) is 0 Å². The lowest BCUT2D eigenvalue weighted by atomic mass is 10.2. The molecule has 3 rings (SSSR count). The summed E-state index contributed by atoms with van der Waals surface area (Å²) in [6, 6.07) is 14.6. The van der Waals surface area contributed by atoms with Crippen molar-refractivity contribution in [2.45, 2.75) is 20.8 Å². The molecule has 0 unspecified atom stereocenters. The number of nitrogens with zero attached hydrogens (tertiary/aromatic N) is 1. The van der Waals surface area contributed by atoms with Gasteiger partial charge in [-0.25, -0.2) is 4.79 Å². The molecule has 28 heavy (non-hydrogen) atoms.